The molecule has 2 heterocycles. The molecule has 0 spiro atoms. The molecule has 1 aromatic carbocycles. The summed E-state index contributed by atoms with van der Waals surface area (Å²) in [5, 5.41) is 8.67. The van der Waals surface area contributed by atoms with Crippen LogP contribution in [0.4, 0.5) is 0 Å². The Kier molecular flexibility index (Phi) is 7.83. The Labute approximate surface area is 173 Å². The number of likely N-dealkylation sites (tertiary alicyclic amines) is 1. The summed E-state index contributed by atoms with van der Waals surface area (Å²) in [6.07, 6.45) is 6.82. The summed E-state index contributed by atoms with van der Waals surface area (Å²) in [6.45, 7) is 7.75. The van der Waals surface area contributed by atoms with Crippen LogP contribution in [0.1, 0.15) is 56.6 Å². The van der Waals surface area contributed by atoms with Crippen molar-refractivity contribution in [3.63, 3.8) is 0 Å². The molecule has 2 aromatic rings. The third-order valence-electron chi connectivity index (χ3n) is 5.23. The highest BCUT2D eigenvalue weighted by Crippen LogP contribution is 2.26. The van der Waals surface area contributed by atoms with Gasteiger partial charge in [-0.1, -0.05) is 38.1 Å². The van der Waals surface area contributed by atoms with Gasteiger partial charge in [0.2, 0.25) is 0 Å². The summed E-state index contributed by atoms with van der Waals surface area (Å²) in [5.74, 6) is 1.42. The van der Waals surface area contributed by atoms with Gasteiger partial charge in [-0.05, 0) is 42.9 Å². The lowest BCUT2D eigenvalue weighted by Gasteiger charge is -2.31. The summed E-state index contributed by atoms with van der Waals surface area (Å²) in [7, 11) is 0. The quantitative estimate of drug-likeness (QED) is 0.590. The Morgan fingerprint density at radius 3 is 2.45 bits per heavy atom. The van der Waals surface area contributed by atoms with Crippen LogP contribution in [0.25, 0.3) is 0 Å². The Hall–Kier alpha value is -2.65. The molecular formula is C23H30N4O2. The number of rotatable bonds is 9. The number of piperidine rings is 1. The standard InChI is InChI=1S/C23H30N4O2/c1-18(2)20-7-5-19(6-8-20)17-28-22-23(26-13-12-25-22)29-21-9-15-27(16-10-21)14-4-3-11-24/h5-8,12-13,18,21H,3-4,9-10,14-17H2,1-2H3. The molecule has 0 atom stereocenters. The second kappa shape index (κ2) is 10.8. The average Bonchev–Trinajstić information content (AvgIpc) is 2.75. The Bertz CT molecular complexity index is 793. The van der Waals surface area contributed by atoms with Gasteiger partial charge >= 0.3 is 0 Å². The van der Waals surface area contributed by atoms with E-state index >= 15 is 0 Å². The summed E-state index contributed by atoms with van der Waals surface area (Å²) < 4.78 is 12.0. The molecule has 6 heteroatoms. The van der Waals surface area contributed by atoms with Crippen LogP contribution in [-0.2, 0) is 6.61 Å². The van der Waals surface area contributed by atoms with Crippen LogP contribution in [0.3, 0.4) is 0 Å². The van der Waals surface area contributed by atoms with Crippen molar-refractivity contribution in [3.05, 3.63) is 47.8 Å². The zero-order chi connectivity index (χ0) is 20.5. The first-order valence-electron chi connectivity index (χ1n) is 10.4. The lowest BCUT2D eigenvalue weighted by molar-refractivity contribution is 0.0913. The second-order valence-electron chi connectivity index (χ2n) is 7.77. The fourth-order valence-electron chi connectivity index (χ4n) is 3.43. The minimum Gasteiger partial charge on any atom is -0.470 e. The maximum absolute atomic E-state index is 8.67. The first-order chi connectivity index (χ1) is 14.2. The lowest BCUT2D eigenvalue weighted by Crippen LogP contribution is -2.38. The van der Waals surface area contributed by atoms with Crippen molar-refractivity contribution in [2.24, 2.45) is 0 Å². The number of unbranched alkanes of at least 4 members (excludes halogenated alkanes) is 1. The first kappa shape index (κ1) is 21.1. The van der Waals surface area contributed by atoms with Gasteiger partial charge in [0.05, 0.1) is 6.07 Å². The normalized spacial score (nSPS) is 15.2. The second-order valence-corrected chi connectivity index (χ2v) is 7.77. The van der Waals surface area contributed by atoms with Crippen LogP contribution in [-0.4, -0.2) is 40.6 Å². The highest BCUT2D eigenvalue weighted by atomic mass is 16.5. The third-order valence-corrected chi connectivity index (χ3v) is 5.23. The highest BCUT2D eigenvalue weighted by Gasteiger charge is 2.22. The molecule has 0 unspecified atom stereocenters. The fraction of sp³-hybridized carbons (Fsp3) is 0.522. The number of hydrogen-bond donors (Lipinski definition) is 0. The summed E-state index contributed by atoms with van der Waals surface area (Å²) >= 11 is 0. The van der Waals surface area contributed by atoms with Gasteiger partial charge in [-0.25, -0.2) is 9.97 Å². The fourth-order valence-corrected chi connectivity index (χ4v) is 3.43. The smallest absolute Gasteiger partial charge is 0.278 e. The number of benzene rings is 1. The van der Waals surface area contributed by atoms with Gasteiger partial charge in [0, 0.05) is 31.9 Å². The molecule has 1 aliphatic heterocycles. The molecule has 0 N–H and O–H groups in total. The van der Waals surface area contributed by atoms with E-state index in [1.165, 1.54) is 5.56 Å². The lowest BCUT2D eigenvalue weighted by atomic mass is 10.0. The van der Waals surface area contributed by atoms with Gasteiger partial charge in [0.1, 0.15) is 12.7 Å². The number of hydrogen-bond acceptors (Lipinski definition) is 6. The molecule has 1 saturated heterocycles. The third kappa shape index (κ3) is 6.43. The molecule has 1 aromatic heterocycles. The predicted molar refractivity (Wildman–Crippen MR) is 112 cm³/mol. The zero-order valence-corrected chi connectivity index (χ0v) is 17.4. The van der Waals surface area contributed by atoms with Gasteiger partial charge in [0.25, 0.3) is 11.8 Å². The maximum Gasteiger partial charge on any atom is 0.278 e. The van der Waals surface area contributed by atoms with Crippen molar-refractivity contribution >= 4 is 0 Å². The summed E-state index contributed by atoms with van der Waals surface area (Å²) in [5.41, 5.74) is 2.41. The van der Waals surface area contributed by atoms with Crippen molar-refractivity contribution in [3.8, 4) is 17.8 Å². The molecular weight excluding hydrogens is 364 g/mol. The van der Waals surface area contributed by atoms with Gasteiger partial charge in [-0.3, -0.25) is 0 Å². The largest absolute Gasteiger partial charge is 0.470 e. The summed E-state index contributed by atoms with van der Waals surface area (Å²) in [4.78, 5) is 11.1. The Morgan fingerprint density at radius 1 is 1.10 bits per heavy atom. The van der Waals surface area contributed by atoms with E-state index in [0.717, 1.165) is 44.5 Å². The van der Waals surface area contributed by atoms with Gasteiger partial charge in [-0.2, -0.15) is 5.26 Å². The van der Waals surface area contributed by atoms with Gasteiger partial charge in [-0.15, -0.1) is 0 Å². The molecule has 29 heavy (non-hydrogen) atoms. The van der Waals surface area contributed by atoms with E-state index in [1.54, 1.807) is 12.4 Å². The van der Waals surface area contributed by atoms with E-state index in [1.807, 2.05) is 0 Å². The summed E-state index contributed by atoms with van der Waals surface area (Å²) in [6, 6.07) is 10.7. The number of nitriles is 1. The first-order valence-corrected chi connectivity index (χ1v) is 10.4. The van der Waals surface area contributed by atoms with E-state index in [2.05, 4.69) is 59.1 Å². The van der Waals surface area contributed by atoms with E-state index in [0.29, 0.717) is 30.7 Å². The molecule has 0 aliphatic carbocycles. The SMILES string of the molecule is CC(C)c1ccc(COc2nccnc2OC2CCN(CCCC#N)CC2)cc1. The van der Waals surface area contributed by atoms with Crippen LogP contribution < -0.4 is 9.47 Å². The monoisotopic (exact) mass is 394 g/mol. The predicted octanol–water partition coefficient (Wildman–Crippen LogP) is 4.33. The molecule has 154 valence electrons. The average molecular weight is 395 g/mol. The number of nitrogens with zero attached hydrogens (tertiary/aromatic N) is 4. The van der Waals surface area contributed by atoms with E-state index in [9.17, 15) is 0 Å². The van der Waals surface area contributed by atoms with Crippen LogP contribution in [0.2, 0.25) is 0 Å². The molecule has 1 aliphatic rings. The van der Waals surface area contributed by atoms with Crippen molar-refractivity contribution < 1.29 is 9.47 Å². The van der Waals surface area contributed by atoms with Gasteiger partial charge in [0.15, 0.2) is 0 Å². The molecule has 0 saturated carbocycles. The Morgan fingerprint density at radius 2 is 1.79 bits per heavy atom. The molecule has 0 bridgehead atoms. The van der Waals surface area contributed by atoms with Gasteiger partial charge < -0.3 is 14.4 Å². The minimum atomic E-state index is 0.117. The van der Waals surface area contributed by atoms with Crippen LogP contribution in [0, 0.1) is 11.3 Å². The zero-order valence-electron chi connectivity index (χ0n) is 17.4. The Balaban J connectivity index is 1.51. The van der Waals surface area contributed by atoms with Crippen molar-refractivity contribution in [2.75, 3.05) is 19.6 Å². The molecule has 6 nitrogen and oxygen atoms in total. The van der Waals surface area contributed by atoms with E-state index in [4.69, 9.17) is 14.7 Å². The maximum atomic E-state index is 8.67. The van der Waals surface area contributed by atoms with Crippen molar-refractivity contribution in [2.45, 2.75) is 58.2 Å². The highest BCUT2D eigenvalue weighted by molar-refractivity contribution is 5.27. The van der Waals surface area contributed by atoms with Crippen LogP contribution >= 0.6 is 0 Å². The molecule has 0 radical (unpaired) electrons. The van der Waals surface area contributed by atoms with E-state index < -0.39 is 0 Å². The van der Waals surface area contributed by atoms with Crippen LogP contribution in [0.15, 0.2) is 36.7 Å². The topological polar surface area (TPSA) is 71.3 Å². The van der Waals surface area contributed by atoms with Crippen LogP contribution in [0.5, 0.6) is 11.8 Å². The molecule has 0 amide bonds. The van der Waals surface area contributed by atoms with Crippen molar-refractivity contribution in [1.82, 2.24) is 14.9 Å². The minimum absolute atomic E-state index is 0.117. The number of aromatic nitrogens is 2. The van der Waals surface area contributed by atoms with E-state index in [-0.39, 0.29) is 6.10 Å². The molecule has 3 rings (SSSR count). The van der Waals surface area contributed by atoms with Crippen molar-refractivity contribution in [1.29, 1.82) is 5.26 Å². The number of ether oxygens (including phenoxy) is 2. The molecule has 1 fully saturated rings.